The number of hydrogen-bond donors (Lipinski definition) is 0. The number of carbonyl (C=O) groups is 2. The fraction of sp³-hybridized carbons (Fsp3) is 0.154. The van der Waals surface area contributed by atoms with Gasteiger partial charge in [-0.15, -0.1) is 0 Å². The summed E-state index contributed by atoms with van der Waals surface area (Å²) >= 11 is 10.7. The average Bonchev–Trinajstić information content (AvgIpc) is 3.08. The van der Waals surface area contributed by atoms with Crippen molar-refractivity contribution in [1.82, 2.24) is 4.90 Å². The lowest BCUT2D eigenvalue weighted by Crippen LogP contribution is -2.27. The zero-order valence-electron chi connectivity index (χ0n) is 18.3. The molecule has 174 valence electrons. The largest absolute Gasteiger partial charge is 0.490 e. The monoisotopic (exact) mass is 557 g/mol. The quantitative estimate of drug-likeness (QED) is 0.271. The third kappa shape index (κ3) is 5.66. The Hall–Kier alpha value is -2.74. The summed E-state index contributed by atoms with van der Waals surface area (Å²) in [5, 5.41) is 0.336. The van der Waals surface area contributed by atoms with E-state index in [-0.39, 0.29) is 24.3 Å². The molecule has 34 heavy (non-hydrogen) atoms. The van der Waals surface area contributed by atoms with E-state index in [1.807, 2.05) is 67.6 Å². The summed E-state index contributed by atoms with van der Waals surface area (Å²) in [5.74, 6) is 0.752. The standard InChI is InChI=1S/C26H21BrClNO4S/c1-2-32-22-13-18(12-20(27)24(22)33-16-19-10-6-7-11-21(19)28)14-23-25(30)29(26(31)34-23)15-17-8-4-3-5-9-17/h3-14H,2,15-16H2,1H3/b23-14-. The van der Waals surface area contributed by atoms with Crippen molar-refractivity contribution in [2.24, 2.45) is 0 Å². The molecule has 8 heteroatoms. The molecule has 0 atom stereocenters. The molecule has 2 amide bonds. The second-order valence-electron chi connectivity index (χ2n) is 7.40. The molecule has 0 aromatic heterocycles. The van der Waals surface area contributed by atoms with Gasteiger partial charge in [0.25, 0.3) is 11.1 Å². The zero-order valence-corrected chi connectivity index (χ0v) is 21.5. The van der Waals surface area contributed by atoms with Gasteiger partial charge < -0.3 is 9.47 Å². The molecule has 1 aliphatic heterocycles. The highest BCUT2D eigenvalue weighted by molar-refractivity contribution is 9.10. The highest BCUT2D eigenvalue weighted by atomic mass is 79.9. The third-order valence-electron chi connectivity index (χ3n) is 5.02. The van der Waals surface area contributed by atoms with E-state index in [1.54, 1.807) is 12.1 Å². The number of halogens is 2. The Labute approximate surface area is 215 Å². The maximum Gasteiger partial charge on any atom is 0.293 e. The van der Waals surface area contributed by atoms with Crippen molar-refractivity contribution in [1.29, 1.82) is 0 Å². The molecule has 0 aliphatic carbocycles. The van der Waals surface area contributed by atoms with E-state index < -0.39 is 0 Å². The first-order chi connectivity index (χ1) is 16.5. The van der Waals surface area contributed by atoms with E-state index >= 15 is 0 Å². The van der Waals surface area contributed by atoms with Gasteiger partial charge in [-0.3, -0.25) is 14.5 Å². The van der Waals surface area contributed by atoms with Gasteiger partial charge in [0.05, 0.1) is 22.5 Å². The van der Waals surface area contributed by atoms with Gasteiger partial charge in [-0.25, -0.2) is 0 Å². The molecule has 0 N–H and O–H groups in total. The van der Waals surface area contributed by atoms with Crippen LogP contribution >= 0.6 is 39.3 Å². The third-order valence-corrected chi connectivity index (χ3v) is 6.88. The summed E-state index contributed by atoms with van der Waals surface area (Å²) in [4.78, 5) is 27.0. The van der Waals surface area contributed by atoms with E-state index in [2.05, 4.69) is 15.9 Å². The Morgan fingerprint density at radius 3 is 2.50 bits per heavy atom. The van der Waals surface area contributed by atoms with Crippen molar-refractivity contribution < 1.29 is 19.1 Å². The highest BCUT2D eigenvalue weighted by Crippen LogP contribution is 2.40. The highest BCUT2D eigenvalue weighted by Gasteiger charge is 2.35. The molecule has 1 fully saturated rings. The molecule has 3 aromatic rings. The van der Waals surface area contributed by atoms with Crippen molar-refractivity contribution in [3.63, 3.8) is 0 Å². The lowest BCUT2D eigenvalue weighted by atomic mass is 10.1. The lowest BCUT2D eigenvalue weighted by Gasteiger charge is -2.15. The predicted molar refractivity (Wildman–Crippen MR) is 139 cm³/mol. The summed E-state index contributed by atoms with van der Waals surface area (Å²) in [6.45, 7) is 2.83. The zero-order chi connectivity index (χ0) is 24.1. The average molecular weight is 559 g/mol. The van der Waals surface area contributed by atoms with Crippen LogP contribution in [0, 0.1) is 0 Å². The van der Waals surface area contributed by atoms with E-state index in [4.69, 9.17) is 21.1 Å². The molecule has 5 nitrogen and oxygen atoms in total. The van der Waals surface area contributed by atoms with Crippen molar-refractivity contribution in [3.8, 4) is 11.5 Å². The van der Waals surface area contributed by atoms with Crippen LogP contribution in [0.5, 0.6) is 11.5 Å². The molecule has 4 rings (SSSR count). The smallest absolute Gasteiger partial charge is 0.293 e. The van der Waals surface area contributed by atoms with Crippen LogP contribution in [0.25, 0.3) is 6.08 Å². The summed E-state index contributed by atoms with van der Waals surface area (Å²) in [5.41, 5.74) is 2.47. The molecule has 0 radical (unpaired) electrons. The topological polar surface area (TPSA) is 55.8 Å². The first-order valence-electron chi connectivity index (χ1n) is 10.6. The summed E-state index contributed by atoms with van der Waals surface area (Å²) in [7, 11) is 0. The van der Waals surface area contributed by atoms with Crippen LogP contribution in [0.2, 0.25) is 5.02 Å². The van der Waals surface area contributed by atoms with E-state index in [0.29, 0.717) is 38.1 Å². The Kier molecular flexibility index (Phi) is 7.98. The van der Waals surface area contributed by atoms with Gasteiger partial charge in [0.2, 0.25) is 0 Å². The van der Waals surface area contributed by atoms with Crippen molar-refractivity contribution in [3.05, 3.63) is 97.8 Å². The van der Waals surface area contributed by atoms with Crippen LogP contribution in [0.1, 0.15) is 23.6 Å². The number of thioether (sulfide) groups is 1. The maximum absolute atomic E-state index is 12.9. The molecule has 1 heterocycles. The van der Waals surface area contributed by atoms with Crippen LogP contribution in [-0.2, 0) is 17.9 Å². The second-order valence-corrected chi connectivity index (χ2v) is 9.65. The molecule has 0 bridgehead atoms. The van der Waals surface area contributed by atoms with Crippen LogP contribution in [0.3, 0.4) is 0 Å². The van der Waals surface area contributed by atoms with Gasteiger partial charge >= 0.3 is 0 Å². The minimum atomic E-state index is -0.313. The van der Waals surface area contributed by atoms with Gasteiger partial charge in [-0.1, -0.05) is 60.1 Å². The Morgan fingerprint density at radius 1 is 1.03 bits per heavy atom. The fourth-order valence-corrected chi connectivity index (χ4v) is 5.00. The molecular formula is C26H21BrClNO4S. The minimum Gasteiger partial charge on any atom is -0.490 e. The number of rotatable bonds is 8. The van der Waals surface area contributed by atoms with Crippen LogP contribution < -0.4 is 9.47 Å². The Morgan fingerprint density at radius 2 is 1.76 bits per heavy atom. The summed E-state index contributed by atoms with van der Waals surface area (Å²) in [6, 6.07) is 20.5. The summed E-state index contributed by atoms with van der Waals surface area (Å²) < 4.78 is 12.5. The number of imide groups is 1. The minimum absolute atomic E-state index is 0.242. The van der Waals surface area contributed by atoms with Crippen molar-refractivity contribution in [2.75, 3.05) is 6.61 Å². The number of amides is 2. The van der Waals surface area contributed by atoms with Gasteiger partial charge in [-0.2, -0.15) is 0 Å². The molecule has 0 unspecified atom stereocenters. The number of ether oxygens (including phenoxy) is 2. The van der Waals surface area contributed by atoms with Gasteiger partial charge in [0.1, 0.15) is 6.61 Å². The van der Waals surface area contributed by atoms with Gasteiger partial charge in [0.15, 0.2) is 11.5 Å². The Balaban J connectivity index is 1.56. The number of carbonyl (C=O) groups excluding carboxylic acids is 2. The summed E-state index contributed by atoms with van der Waals surface area (Å²) in [6.07, 6.45) is 1.70. The molecule has 1 aliphatic rings. The van der Waals surface area contributed by atoms with E-state index in [9.17, 15) is 9.59 Å². The normalized spacial score (nSPS) is 14.7. The van der Waals surface area contributed by atoms with Crippen LogP contribution in [-0.4, -0.2) is 22.7 Å². The number of benzene rings is 3. The molecule has 0 spiro atoms. The van der Waals surface area contributed by atoms with Gasteiger partial charge in [-0.05, 0) is 70.0 Å². The van der Waals surface area contributed by atoms with Crippen molar-refractivity contribution >= 4 is 56.5 Å². The first kappa shape index (κ1) is 24.4. The van der Waals surface area contributed by atoms with E-state index in [1.165, 1.54) is 4.90 Å². The first-order valence-corrected chi connectivity index (χ1v) is 12.6. The fourth-order valence-electron chi connectivity index (χ4n) is 3.39. The molecule has 3 aromatic carbocycles. The second kappa shape index (κ2) is 11.1. The molecule has 1 saturated heterocycles. The Bertz CT molecular complexity index is 1250. The van der Waals surface area contributed by atoms with E-state index in [0.717, 1.165) is 22.9 Å². The van der Waals surface area contributed by atoms with Crippen LogP contribution in [0.4, 0.5) is 4.79 Å². The van der Waals surface area contributed by atoms with Crippen LogP contribution in [0.15, 0.2) is 76.1 Å². The number of nitrogens with zero attached hydrogens (tertiary/aromatic N) is 1. The maximum atomic E-state index is 12.9. The van der Waals surface area contributed by atoms with Gasteiger partial charge in [0, 0.05) is 10.6 Å². The predicted octanol–water partition coefficient (Wildman–Crippen LogP) is 7.32. The molecular weight excluding hydrogens is 538 g/mol. The molecule has 0 saturated carbocycles. The number of hydrogen-bond acceptors (Lipinski definition) is 5. The lowest BCUT2D eigenvalue weighted by molar-refractivity contribution is -0.123. The SMILES string of the molecule is CCOc1cc(/C=C2\SC(=O)N(Cc3ccccc3)C2=O)cc(Br)c1OCc1ccccc1Cl. The van der Waals surface area contributed by atoms with Crippen molar-refractivity contribution in [2.45, 2.75) is 20.1 Å².